The van der Waals surface area contributed by atoms with Crippen molar-refractivity contribution in [2.24, 2.45) is 0 Å². The largest absolute Gasteiger partial charge is 0.496 e. The number of halogens is 1. The molecule has 3 aromatic carbocycles. The van der Waals surface area contributed by atoms with Gasteiger partial charge in [0, 0.05) is 25.2 Å². The Labute approximate surface area is 224 Å². The van der Waals surface area contributed by atoms with Crippen molar-refractivity contribution in [2.75, 3.05) is 33.4 Å². The van der Waals surface area contributed by atoms with E-state index in [9.17, 15) is 14.3 Å². The first-order valence-electron chi connectivity index (χ1n) is 13.3. The fraction of sp³-hybridized carbons (Fsp3) is 0.303. The first kappa shape index (κ1) is 25.9. The molecule has 5 rings (SSSR count). The average molecular weight is 512 g/mol. The van der Waals surface area contributed by atoms with Crippen LogP contribution in [-0.2, 0) is 6.42 Å². The van der Waals surface area contributed by atoms with Gasteiger partial charge in [-0.05, 0) is 89.3 Å². The lowest BCUT2D eigenvalue weighted by Gasteiger charge is -2.33. The third-order valence-corrected chi connectivity index (χ3v) is 7.57. The van der Waals surface area contributed by atoms with E-state index in [4.69, 9.17) is 4.74 Å². The van der Waals surface area contributed by atoms with Gasteiger partial charge in [-0.15, -0.1) is 0 Å². The van der Waals surface area contributed by atoms with Crippen molar-refractivity contribution in [1.82, 2.24) is 4.90 Å². The molecular weight excluding hydrogens is 477 g/mol. The zero-order valence-corrected chi connectivity index (χ0v) is 22.1. The van der Waals surface area contributed by atoms with E-state index in [1.165, 1.54) is 11.1 Å². The number of methoxy groups -OCH3 is 1. The highest BCUT2D eigenvalue weighted by atomic mass is 19.1. The second-order valence-electron chi connectivity index (χ2n) is 10.2. The van der Waals surface area contributed by atoms with Crippen molar-refractivity contribution in [3.05, 3.63) is 105 Å². The lowest BCUT2D eigenvalue weighted by molar-refractivity contribution is 0.0696. The van der Waals surface area contributed by atoms with Gasteiger partial charge in [-0.3, -0.25) is 9.29 Å². The third-order valence-electron chi connectivity index (χ3n) is 7.57. The number of fused-ring (bicyclic) bond motifs is 1. The van der Waals surface area contributed by atoms with Gasteiger partial charge in [0.2, 0.25) is 0 Å². The number of benzene rings is 3. The summed E-state index contributed by atoms with van der Waals surface area (Å²) in [4.78, 5) is 14.0. The lowest BCUT2D eigenvalue weighted by atomic mass is 9.86. The minimum atomic E-state index is -0.903. The predicted octanol–water partition coefficient (Wildman–Crippen LogP) is 7.06. The smallest absolute Gasteiger partial charge is 0.335 e. The van der Waals surface area contributed by atoms with Crippen LogP contribution in [0.5, 0.6) is 5.75 Å². The Morgan fingerprint density at radius 2 is 1.84 bits per heavy atom. The second kappa shape index (κ2) is 11.4. The van der Waals surface area contributed by atoms with Crippen molar-refractivity contribution in [1.29, 1.82) is 0 Å². The summed E-state index contributed by atoms with van der Waals surface area (Å²) in [6.07, 6.45) is 5.44. The maximum absolute atomic E-state index is 12.4. The molecule has 0 bridgehead atoms. The van der Waals surface area contributed by atoms with Crippen LogP contribution in [0.1, 0.15) is 63.0 Å². The van der Waals surface area contributed by atoms with Gasteiger partial charge in [0.25, 0.3) is 0 Å². The standard InChI is InChI=1S/C33H34FNO3/c1-22-6-3-9-30(32(22)38-2)29-8-4-7-26-19-27(33(36)37)14-15-28(26)31(29)25-12-10-23(11-13-25)18-24-20-35(21-24)17-5-16-34/h3,6,9-15,18-19H,4-5,7-8,16-17,20-21H2,1-2H3,(H,36,37). The van der Waals surface area contributed by atoms with Crippen LogP contribution >= 0.6 is 0 Å². The fourth-order valence-electron chi connectivity index (χ4n) is 5.72. The van der Waals surface area contributed by atoms with Gasteiger partial charge in [-0.2, -0.15) is 0 Å². The van der Waals surface area contributed by atoms with Crippen LogP contribution in [0.4, 0.5) is 4.39 Å². The van der Waals surface area contributed by atoms with Crippen molar-refractivity contribution in [3.8, 4) is 5.75 Å². The zero-order chi connectivity index (χ0) is 26.6. The molecule has 0 aromatic heterocycles. The molecule has 4 nitrogen and oxygen atoms in total. The minimum absolute atomic E-state index is 0.260. The molecule has 0 amide bonds. The summed E-state index contributed by atoms with van der Waals surface area (Å²) in [7, 11) is 1.72. The molecule has 2 aliphatic rings. The molecule has 3 aromatic rings. The molecule has 1 heterocycles. The number of hydrogen-bond acceptors (Lipinski definition) is 3. The average Bonchev–Trinajstić information content (AvgIpc) is 3.09. The van der Waals surface area contributed by atoms with E-state index >= 15 is 0 Å². The Hall–Kier alpha value is -3.70. The highest BCUT2D eigenvalue weighted by Gasteiger charge is 2.24. The number of ether oxygens (including phenoxy) is 1. The first-order valence-corrected chi connectivity index (χ1v) is 13.3. The van der Waals surface area contributed by atoms with Crippen molar-refractivity contribution < 1.29 is 19.0 Å². The topological polar surface area (TPSA) is 49.8 Å². The number of carboxylic acid groups (broad SMARTS) is 1. The molecular formula is C33H34FNO3. The van der Waals surface area contributed by atoms with Crippen LogP contribution in [-0.4, -0.2) is 49.4 Å². The van der Waals surface area contributed by atoms with Gasteiger partial charge in [-0.1, -0.05) is 54.6 Å². The normalized spacial score (nSPS) is 15.5. The van der Waals surface area contributed by atoms with Gasteiger partial charge in [-0.25, -0.2) is 4.79 Å². The molecule has 0 saturated carbocycles. The van der Waals surface area contributed by atoms with Crippen LogP contribution in [0, 0.1) is 6.92 Å². The van der Waals surface area contributed by atoms with Crippen LogP contribution in [0.25, 0.3) is 17.2 Å². The Bertz CT molecular complexity index is 1400. The summed E-state index contributed by atoms with van der Waals surface area (Å²) in [5, 5.41) is 9.60. The van der Waals surface area contributed by atoms with E-state index in [1.807, 2.05) is 12.1 Å². The maximum Gasteiger partial charge on any atom is 0.335 e. The summed E-state index contributed by atoms with van der Waals surface area (Å²) in [6, 6.07) is 20.4. The number of aromatic carboxylic acids is 1. The van der Waals surface area contributed by atoms with Crippen molar-refractivity contribution in [2.45, 2.75) is 32.6 Å². The fourth-order valence-corrected chi connectivity index (χ4v) is 5.72. The summed E-state index contributed by atoms with van der Waals surface area (Å²) >= 11 is 0. The molecule has 196 valence electrons. The quantitative estimate of drug-likeness (QED) is 0.352. The van der Waals surface area contributed by atoms with E-state index in [-0.39, 0.29) is 6.67 Å². The maximum atomic E-state index is 12.4. The van der Waals surface area contributed by atoms with Crippen molar-refractivity contribution >= 4 is 23.2 Å². The lowest BCUT2D eigenvalue weighted by Crippen LogP contribution is -2.40. The molecule has 1 aliphatic heterocycles. The van der Waals surface area contributed by atoms with Crippen LogP contribution in [0.2, 0.25) is 0 Å². The highest BCUT2D eigenvalue weighted by Crippen LogP contribution is 2.43. The molecule has 1 saturated heterocycles. The number of nitrogens with zero attached hydrogens (tertiary/aromatic N) is 1. The number of likely N-dealkylation sites (tertiary alicyclic amines) is 1. The van der Waals surface area contributed by atoms with Gasteiger partial charge in [0.1, 0.15) is 5.75 Å². The van der Waals surface area contributed by atoms with E-state index in [1.54, 1.807) is 13.2 Å². The summed E-state index contributed by atoms with van der Waals surface area (Å²) in [5.41, 5.74) is 10.6. The monoisotopic (exact) mass is 511 g/mol. The van der Waals surface area contributed by atoms with Gasteiger partial charge >= 0.3 is 5.97 Å². The number of rotatable bonds is 8. The third kappa shape index (κ3) is 5.30. The van der Waals surface area contributed by atoms with Crippen LogP contribution in [0.15, 0.2) is 66.2 Å². The number of alkyl halides is 1. The minimum Gasteiger partial charge on any atom is -0.496 e. The number of aryl methyl sites for hydroxylation is 2. The second-order valence-corrected chi connectivity index (χ2v) is 10.2. The van der Waals surface area contributed by atoms with Gasteiger partial charge in [0.15, 0.2) is 0 Å². The Kier molecular flexibility index (Phi) is 7.75. The van der Waals surface area contributed by atoms with E-state index in [2.05, 4.69) is 60.4 Å². The van der Waals surface area contributed by atoms with Crippen molar-refractivity contribution in [3.63, 3.8) is 0 Å². The molecule has 0 atom stereocenters. The Morgan fingerprint density at radius 1 is 1.05 bits per heavy atom. The van der Waals surface area contributed by atoms with Crippen LogP contribution < -0.4 is 4.74 Å². The number of para-hydroxylation sites is 1. The zero-order valence-electron chi connectivity index (χ0n) is 22.1. The summed E-state index contributed by atoms with van der Waals surface area (Å²) in [5.74, 6) is -0.0194. The van der Waals surface area contributed by atoms with E-state index < -0.39 is 5.97 Å². The highest BCUT2D eigenvalue weighted by molar-refractivity contribution is 6.01. The SMILES string of the molecule is COc1c(C)cccc1C1=C(c2ccc(C=C3CN(CCCF)C3)cc2)c2ccc(C(=O)O)cc2CCC1. The summed E-state index contributed by atoms with van der Waals surface area (Å²) in [6.45, 7) is 4.43. The number of hydrogen-bond donors (Lipinski definition) is 1. The first-order chi connectivity index (χ1) is 18.5. The molecule has 0 spiro atoms. The number of carbonyl (C=O) groups is 1. The predicted molar refractivity (Wildman–Crippen MR) is 151 cm³/mol. The van der Waals surface area contributed by atoms with Gasteiger partial charge in [0.05, 0.1) is 19.3 Å². The molecule has 1 fully saturated rings. The molecule has 1 N–H and O–H groups in total. The molecule has 5 heteroatoms. The molecule has 0 radical (unpaired) electrons. The molecule has 38 heavy (non-hydrogen) atoms. The molecule has 0 unspecified atom stereocenters. The Morgan fingerprint density at radius 3 is 2.55 bits per heavy atom. The van der Waals surface area contributed by atoms with Gasteiger partial charge < -0.3 is 9.84 Å². The molecule has 1 aliphatic carbocycles. The van der Waals surface area contributed by atoms with E-state index in [0.717, 1.165) is 83.6 Å². The van der Waals surface area contributed by atoms with Crippen LogP contribution in [0.3, 0.4) is 0 Å². The van der Waals surface area contributed by atoms with E-state index in [0.29, 0.717) is 12.0 Å². The number of carboxylic acids is 1. The number of allylic oxidation sites excluding steroid dienone is 1. The Balaban J connectivity index is 1.58. The summed E-state index contributed by atoms with van der Waals surface area (Å²) < 4.78 is 18.3.